The Bertz CT molecular complexity index is 442. The van der Waals surface area contributed by atoms with Crippen molar-refractivity contribution < 1.29 is 4.79 Å². The van der Waals surface area contributed by atoms with E-state index in [1.807, 2.05) is 25.1 Å². The van der Waals surface area contributed by atoms with Gasteiger partial charge < -0.3 is 10.6 Å². The van der Waals surface area contributed by atoms with Gasteiger partial charge in [-0.2, -0.15) is 0 Å². The summed E-state index contributed by atoms with van der Waals surface area (Å²) in [4.78, 5) is 11.8. The van der Waals surface area contributed by atoms with E-state index in [2.05, 4.69) is 26.6 Å². The molecule has 0 atom stereocenters. The summed E-state index contributed by atoms with van der Waals surface area (Å²) in [5, 5.41) is 6.38. The number of aryl methyl sites for hydroxylation is 1. The zero-order valence-electron chi connectivity index (χ0n) is 11.3. The maximum atomic E-state index is 11.8. The van der Waals surface area contributed by atoms with Gasteiger partial charge in [0.15, 0.2) is 0 Å². The number of anilines is 1. The molecule has 104 valence electrons. The molecule has 1 aliphatic rings. The molecule has 0 radical (unpaired) electrons. The van der Waals surface area contributed by atoms with Crippen LogP contribution < -0.4 is 10.6 Å². The van der Waals surface area contributed by atoms with Crippen molar-refractivity contribution in [1.29, 1.82) is 0 Å². The number of nitrogens with one attached hydrogen (secondary N) is 2. The Kier molecular flexibility index (Phi) is 5.40. The van der Waals surface area contributed by atoms with E-state index in [4.69, 9.17) is 0 Å². The largest absolute Gasteiger partial charge is 0.326 e. The first-order valence-corrected chi connectivity index (χ1v) is 7.74. The third kappa shape index (κ3) is 4.62. The number of hydrogen-bond donors (Lipinski definition) is 2. The van der Waals surface area contributed by atoms with E-state index in [-0.39, 0.29) is 5.91 Å². The van der Waals surface area contributed by atoms with Gasteiger partial charge in [0, 0.05) is 29.2 Å². The summed E-state index contributed by atoms with van der Waals surface area (Å²) < 4.78 is 1.02. The zero-order chi connectivity index (χ0) is 13.7. The molecule has 0 spiro atoms. The molecule has 2 rings (SSSR count). The highest BCUT2D eigenvalue weighted by molar-refractivity contribution is 9.10. The van der Waals surface area contributed by atoms with E-state index in [1.54, 1.807) is 0 Å². The first-order chi connectivity index (χ1) is 9.15. The van der Waals surface area contributed by atoms with Crippen molar-refractivity contribution in [2.24, 2.45) is 0 Å². The van der Waals surface area contributed by atoms with Crippen LogP contribution in [0.15, 0.2) is 22.7 Å². The Morgan fingerprint density at radius 3 is 2.79 bits per heavy atom. The molecule has 1 saturated carbocycles. The second-order valence-corrected chi connectivity index (χ2v) is 6.05. The highest BCUT2D eigenvalue weighted by atomic mass is 79.9. The number of benzene rings is 1. The van der Waals surface area contributed by atoms with Crippen LogP contribution in [0.25, 0.3) is 0 Å². The Balaban J connectivity index is 1.72. The molecule has 2 N–H and O–H groups in total. The predicted molar refractivity (Wildman–Crippen MR) is 82.4 cm³/mol. The lowest BCUT2D eigenvalue weighted by Gasteiger charge is -2.11. The lowest BCUT2D eigenvalue weighted by molar-refractivity contribution is -0.116. The quantitative estimate of drug-likeness (QED) is 0.868. The van der Waals surface area contributed by atoms with Crippen LogP contribution >= 0.6 is 15.9 Å². The molecule has 0 saturated heterocycles. The molecular weight excluding hydrogens is 304 g/mol. The lowest BCUT2D eigenvalue weighted by atomic mass is 10.2. The fourth-order valence-corrected chi connectivity index (χ4v) is 2.79. The van der Waals surface area contributed by atoms with Gasteiger partial charge in [0.05, 0.1) is 0 Å². The fourth-order valence-electron chi connectivity index (χ4n) is 2.41. The van der Waals surface area contributed by atoms with Gasteiger partial charge >= 0.3 is 0 Å². The summed E-state index contributed by atoms with van der Waals surface area (Å²) in [6.45, 7) is 2.80. The smallest absolute Gasteiger partial charge is 0.225 e. The minimum atomic E-state index is 0.0706. The van der Waals surface area contributed by atoms with E-state index in [0.29, 0.717) is 12.5 Å². The first kappa shape index (κ1) is 14.5. The molecule has 3 nitrogen and oxygen atoms in total. The topological polar surface area (TPSA) is 41.1 Å². The summed E-state index contributed by atoms with van der Waals surface area (Å²) in [5.74, 6) is 0.0706. The molecule has 1 aliphatic carbocycles. The van der Waals surface area contributed by atoms with Gasteiger partial charge in [-0.05, 0) is 37.5 Å². The van der Waals surface area contributed by atoms with Gasteiger partial charge in [0.1, 0.15) is 0 Å². The average Bonchev–Trinajstić information content (AvgIpc) is 2.87. The van der Waals surface area contributed by atoms with Gasteiger partial charge in [0.2, 0.25) is 5.91 Å². The van der Waals surface area contributed by atoms with E-state index in [0.717, 1.165) is 16.7 Å². The number of carbonyl (C=O) groups is 1. The van der Waals surface area contributed by atoms with E-state index in [1.165, 1.54) is 31.2 Å². The number of halogens is 1. The SMILES string of the molecule is Cc1ccc(NC(=O)CCNC2CCCC2)cc1Br. The van der Waals surface area contributed by atoms with Crippen molar-refractivity contribution in [2.75, 3.05) is 11.9 Å². The average molecular weight is 325 g/mol. The van der Waals surface area contributed by atoms with Gasteiger partial charge in [0.25, 0.3) is 0 Å². The van der Waals surface area contributed by atoms with E-state index >= 15 is 0 Å². The van der Waals surface area contributed by atoms with Crippen LogP contribution in [0.5, 0.6) is 0 Å². The van der Waals surface area contributed by atoms with E-state index in [9.17, 15) is 4.79 Å². The number of carbonyl (C=O) groups excluding carboxylic acids is 1. The molecule has 0 aromatic heterocycles. The second kappa shape index (κ2) is 7.06. The second-order valence-electron chi connectivity index (χ2n) is 5.20. The third-order valence-electron chi connectivity index (χ3n) is 3.60. The van der Waals surface area contributed by atoms with Crippen molar-refractivity contribution in [2.45, 2.75) is 45.1 Å². The van der Waals surface area contributed by atoms with Crippen molar-refractivity contribution >= 4 is 27.5 Å². The van der Waals surface area contributed by atoms with Crippen molar-refractivity contribution in [3.8, 4) is 0 Å². The molecule has 0 heterocycles. The number of hydrogen-bond acceptors (Lipinski definition) is 2. The van der Waals surface area contributed by atoms with Crippen LogP contribution in [0, 0.1) is 6.92 Å². The van der Waals surface area contributed by atoms with Crippen LogP contribution in [0.3, 0.4) is 0 Å². The van der Waals surface area contributed by atoms with Crippen molar-refractivity contribution in [1.82, 2.24) is 5.32 Å². The highest BCUT2D eigenvalue weighted by Crippen LogP contribution is 2.20. The molecule has 1 aromatic rings. The molecule has 1 fully saturated rings. The van der Waals surface area contributed by atoms with Crippen LogP contribution in [-0.4, -0.2) is 18.5 Å². The lowest BCUT2D eigenvalue weighted by Crippen LogP contribution is -2.29. The summed E-state index contributed by atoms with van der Waals surface area (Å²) in [7, 11) is 0. The molecule has 1 aromatic carbocycles. The molecule has 1 amide bonds. The van der Waals surface area contributed by atoms with Crippen LogP contribution in [0.2, 0.25) is 0 Å². The maximum Gasteiger partial charge on any atom is 0.225 e. The fraction of sp³-hybridized carbons (Fsp3) is 0.533. The first-order valence-electron chi connectivity index (χ1n) is 6.94. The number of amides is 1. The van der Waals surface area contributed by atoms with Crippen LogP contribution in [0.4, 0.5) is 5.69 Å². The van der Waals surface area contributed by atoms with Gasteiger partial charge in [-0.25, -0.2) is 0 Å². The Hall–Kier alpha value is -0.870. The van der Waals surface area contributed by atoms with Crippen LogP contribution in [0.1, 0.15) is 37.7 Å². The van der Waals surface area contributed by atoms with Gasteiger partial charge in [-0.1, -0.05) is 34.8 Å². The predicted octanol–water partition coefficient (Wildman–Crippen LogP) is 3.62. The summed E-state index contributed by atoms with van der Waals surface area (Å²) >= 11 is 3.47. The van der Waals surface area contributed by atoms with Crippen LogP contribution in [-0.2, 0) is 4.79 Å². The molecule has 0 aliphatic heterocycles. The van der Waals surface area contributed by atoms with Gasteiger partial charge in [-0.15, -0.1) is 0 Å². The third-order valence-corrected chi connectivity index (χ3v) is 4.45. The zero-order valence-corrected chi connectivity index (χ0v) is 12.9. The van der Waals surface area contributed by atoms with E-state index < -0.39 is 0 Å². The summed E-state index contributed by atoms with van der Waals surface area (Å²) in [6, 6.07) is 6.50. The van der Waals surface area contributed by atoms with Crippen molar-refractivity contribution in [3.05, 3.63) is 28.2 Å². The molecule has 0 bridgehead atoms. The monoisotopic (exact) mass is 324 g/mol. The Morgan fingerprint density at radius 2 is 2.11 bits per heavy atom. The van der Waals surface area contributed by atoms with Gasteiger partial charge in [-0.3, -0.25) is 4.79 Å². The Labute approximate surface area is 123 Å². The molecule has 4 heteroatoms. The number of rotatable bonds is 5. The Morgan fingerprint density at radius 1 is 1.37 bits per heavy atom. The highest BCUT2D eigenvalue weighted by Gasteiger charge is 2.14. The minimum absolute atomic E-state index is 0.0706. The molecule has 19 heavy (non-hydrogen) atoms. The summed E-state index contributed by atoms with van der Waals surface area (Å²) in [5.41, 5.74) is 2.02. The molecule has 0 unspecified atom stereocenters. The maximum absolute atomic E-state index is 11.8. The minimum Gasteiger partial charge on any atom is -0.326 e. The standard InChI is InChI=1S/C15H21BrN2O/c1-11-6-7-13(10-14(11)16)18-15(19)8-9-17-12-4-2-3-5-12/h6-7,10,12,17H,2-5,8-9H2,1H3,(H,18,19). The van der Waals surface area contributed by atoms with Crippen molar-refractivity contribution in [3.63, 3.8) is 0 Å². The summed E-state index contributed by atoms with van der Waals surface area (Å²) in [6.07, 6.45) is 5.68. The molecular formula is C15H21BrN2O. The normalized spacial score (nSPS) is 15.7.